The molecule has 0 radical (unpaired) electrons. The first-order valence-corrected chi connectivity index (χ1v) is 8.15. The maximum absolute atomic E-state index is 12.6. The van der Waals surface area contributed by atoms with Crippen LogP contribution in [0.4, 0.5) is 11.4 Å². The van der Waals surface area contributed by atoms with Crippen molar-refractivity contribution in [3.05, 3.63) is 53.6 Å². The third-order valence-corrected chi connectivity index (χ3v) is 4.17. The zero-order valence-electron chi connectivity index (χ0n) is 14.5. The van der Waals surface area contributed by atoms with Crippen molar-refractivity contribution in [1.29, 1.82) is 0 Å². The average Bonchev–Trinajstić information content (AvgIpc) is 2.78. The van der Waals surface area contributed by atoms with Crippen LogP contribution in [0.1, 0.15) is 11.1 Å². The average molecular weight is 362 g/mol. The highest BCUT2D eigenvalue weighted by Crippen LogP contribution is 2.26. The van der Waals surface area contributed by atoms with Gasteiger partial charge in [0, 0.05) is 25.3 Å². The first kappa shape index (κ1) is 19.1. The summed E-state index contributed by atoms with van der Waals surface area (Å²) >= 11 is 0. The Bertz CT molecular complexity index is 736. The first-order chi connectivity index (χ1) is 11.7. The lowest BCUT2D eigenvalue weighted by Crippen LogP contribution is -2.36. The van der Waals surface area contributed by atoms with Crippen LogP contribution in [0.3, 0.4) is 0 Å². The zero-order valence-corrected chi connectivity index (χ0v) is 15.4. The molecular weight excluding hydrogens is 338 g/mol. The van der Waals surface area contributed by atoms with Crippen LogP contribution in [0, 0.1) is 6.92 Å². The normalized spacial score (nSPS) is 13.3. The maximum Gasteiger partial charge on any atom is 0.243 e. The molecule has 0 unspecified atom stereocenters. The van der Waals surface area contributed by atoms with Crippen molar-refractivity contribution < 1.29 is 9.53 Å². The van der Waals surface area contributed by atoms with E-state index in [1.165, 1.54) is 5.56 Å². The van der Waals surface area contributed by atoms with Crippen molar-refractivity contribution in [3.63, 3.8) is 0 Å². The smallest absolute Gasteiger partial charge is 0.243 e. The van der Waals surface area contributed by atoms with Crippen LogP contribution < -0.4 is 20.3 Å². The van der Waals surface area contributed by atoms with Crippen LogP contribution in [0.2, 0.25) is 0 Å². The highest BCUT2D eigenvalue weighted by molar-refractivity contribution is 5.95. The number of carbonyl (C=O) groups excluding carboxylic acids is 1. The number of halogens is 1. The number of fused-ring (bicyclic) bond motifs is 1. The first-order valence-electron chi connectivity index (χ1n) is 8.15. The van der Waals surface area contributed by atoms with Gasteiger partial charge in [0.2, 0.25) is 5.91 Å². The second-order valence-corrected chi connectivity index (χ2v) is 5.98. The van der Waals surface area contributed by atoms with E-state index in [4.69, 9.17) is 4.74 Å². The molecule has 3 rings (SSSR count). The van der Waals surface area contributed by atoms with E-state index in [0.29, 0.717) is 18.0 Å². The number of ether oxygens (including phenoxy) is 1. The van der Waals surface area contributed by atoms with E-state index in [1.54, 1.807) is 7.11 Å². The fraction of sp³-hybridized carbons (Fsp3) is 0.316. The number of rotatable bonds is 4. The molecule has 1 amide bonds. The number of carbonyl (C=O) groups is 1. The summed E-state index contributed by atoms with van der Waals surface area (Å²) in [6, 6.07) is 14.0. The van der Waals surface area contributed by atoms with Gasteiger partial charge in [0.05, 0.1) is 19.3 Å². The molecule has 1 aliphatic rings. The predicted octanol–water partition coefficient (Wildman–Crippen LogP) is 2.97. The third-order valence-electron chi connectivity index (χ3n) is 4.17. The number of para-hydroxylation sites is 1. The van der Waals surface area contributed by atoms with E-state index in [-0.39, 0.29) is 18.3 Å². The van der Waals surface area contributed by atoms with E-state index < -0.39 is 0 Å². The zero-order chi connectivity index (χ0) is 16.9. The van der Waals surface area contributed by atoms with E-state index in [0.717, 1.165) is 30.9 Å². The van der Waals surface area contributed by atoms with E-state index in [1.807, 2.05) is 37.3 Å². The molecule has 0 aliphatic carbocycles. The minimum atomic E-state index is -0.0457. The molecule has 2 aromatic carbocycles. The lowest BCUT2D eigenvalue weighted by Gasteiger charge is -2.24. The molecule has 1 heterocycles. The summed E-state index contributed by atoms with van der Waals surface area (Å²) in [6.07, 6.45) is 0. The Balaban J connectivity index is 0.00000225. The molecule has 5 nitrogen and oxygen atoms in total. The van der Waals surface area contributed by atoms with E-state index in [2.05, 4.69) is 27.7 Å². The molecule has 0 aromatic heterocycles. The van der Waals surface area contributed by atoms with Crippen molar-refractivity contribution in [3.8, 4) is 5.75 Å². The Morgan fingerprint density at radius 1 is 1.28 bits per heavy atom. The standard InChI is InChI=1S/C19H23N3O2.ClH/c1-14-7-8-18(24-2)16(11-14)21-19(23)13-22-10-9-20-12-15-5-3-4-6-17(15)22;/h3-8,11,20H,9-10,12-13H2,1-2H3,(H,21,23);1H. The van der Waals surface area contributed by atoms with Gasteiger partial charge in [0.15, 0.2) is 0 Å². The van der Waals surface area contributed by atoms with Gasteiger partial charge >= 0.3 is 0 Å². The summed E-state index contributed by atoms with van der Waals surface area (Å²) in [6.45, 7) is 4.80. The highest BCUT2D eigenvalue weighted by atomic mass is 35.5. The SMILES string of the molecule is COc1ccc(C)cc1NC(=O)CN1CCNCc2ccccc21.Cl. The van der Waals surface area contributed by atoms with Crippen molar-refractivity contribution in [2.45, 2.75) is 13.5 Å². The van der Waals surface area contributed by atoms with Crippen LogP contribution in [0.25, 0.3) is 0 Å². The minimum absolute atomic E-state index is 0. The van der Waals surface area contributed by atoms with Gasteiger partial charge < -0.3 is 20.3 Å². The fourth-order valence-electron chi connectivity index (χ4n) is 2.97. The molecule has 2 aromatic rings. The maximum atomic E-state index is 12.6. The summed E-state index contributed by atoms with van der Waals surface area (Å²) in [4.78, 5) is 14.7. The van der Waals surface area contributed by atoms with E-state index >= 15 is 0 Å². The van der Waals surface area contributed by atoms with Crippen LogP contribution >= 0.6 is 12.4 Å². The largest absolute Gasteiger partial charge is 0.495 e. The third kappa shape index (κ3) is 4.65. The van der Waals surface area contributed by atoms with Gasteiger partial charge in [-0.05, 0) is 36.2 Å². The number of nitrogens with zero attached hydrogens (tertiary/aromatic N) is 1. The van der Waals surface area contributed by atoms with Gasteiger partial charge in [-0.25, -0.2) is 0 Å². The number of hydrogen-bond donors (Lipinski definition) is 2. The number of aryl methyl sites for hydroxylation is 1. The number of anilines is 2. The Morgan fingerprint density at radius 3 is 2.88 bits per heavy atom. The summed E-state index contributed by atoms with van der Waals surface area (Å²) in [5.74, 6) is 0.627. The van der Waals surface area contributed by atoms with Crippen LogP contribution in [-0.2, 0) is 11.3 Å². The molecule has 0 spiro atoms. The van der Waals surface area contributed by atoms with Gasteiger partial charge in [0.25, 0.3) is 0 Å². The molecule has 0 saturated heterocycles. The van der Waals surface area contributed by atoms with Crippen molar-refractivity contribution in [2.24, 2.45) is 0 Å². The minimum Gasteiger partial charge on any atom is -0.495 e. The van der Waals surface area contributed by atoms with Gasteiger partial charge in [-0.15, -0.1) is 12.4 Å². The van der Waals surface area contributed by atoms with Crippen molar-refractivity contribution in [2.75, 3.05) is 37.0 Å². The van der Waals surface area contributed by atoms with E-state index in [9.17, 15) is 4.79 Å². The molecule has 0 bridgehead atoms. The Hall–Kier alpha value is -2.24. The molecule has 0 saturated carbocycles. The summed E-state index contributed by atoms with van der Waals surface area (Å²) < 4.78 is 5.33. The van der Waals surface area contributed by atoms with Gasteiger partial charge in [-0.1, -0.05) is 24.3 Å². The number of benzene rings is 2. The molecule has 2 N–H and O–H groups in total. The van der Waals surface area contributed by atoms with Crippen LogP contribution in [0.5, 0.6) is 5.75 Å². The Morgan fingerprint density at radius 2 is 2.08 bits per heavy atom. The Labute approximate surface area is 154 Å². The summed E-state index contributed by atoms with van der Waals surface area (Å²) in [5, 5.41) is 6.36. The molecule has 134 valence electrons. The molecule has 25 heavy (non-hydrogen) atoms. The van der Waals surface area contributed by atoms with Crippen LogP contribution in [-0.4, -0.2) is 32.7 Å². The van der Waals surface area contributed by atoms with Crippen LogP contribution in [0.15, 0.2) is 42.5 Å². The highest BCUT2D eigenvalue weighted by Gasteiger charge is 2.18. The predicted molar refractivity (Wildman–Crippen MR) is 104 cm³/mol. The Kier molecular flexibility index (Phi) is 6.67. The molecule has 0 atom stereocenters. The second kappa shape index (κ2) is 8.74. The molecule has 0 fully saturated rings. The lowest BCUT2D eigenvalue weighted by atomic mass is 10.1. The van der Waals surface area contributed by atoms with Crippen molar-refractivity contribution in [1.82, 2.24) is 5.32 Å². The molecular formula is C19H24ClN3O2. The summed E-state index contributed by atoms with van der Waals surface area (Å²) in [7, 11) is 1.61. The van der Waals surface area contributed by atoms with Crippen molar-refractivity contribution >= 4 is 29.7 Å². The number of amides is 1. The topological polar surface area (TPSA) is 53.6 Å². The quantitative estimate of drug-likeness (QED) is 0.879. The van der Waals surface area contributed by atoms with Gasteiger partial charge in [-0.3, -0.25) is 4.79 Å². The second-order valence-electron chi connectivity index (χ2n) is 5.98. The molecule has 6 heteroatoms. The summed E-state index contributed by atoms with van der Waals surface area (Å²) in [5.41, 5.74) is 4.13. The van der Waals surface area contributed by atoms with Gasteiger partial charge in [0.1, 0.15) is 5.75 Å². The fourth-order valence-corrected chi connectivity index (χ4v) is 2.97. The number of hydrogen-bond acceptors (Lipinski definition) is 4. The molecule has 1 aliphatic heterocycles. The number of nitrogens with one attached hydrogen (secondary N) is 2. The van der Waals surface area contributed by atoms with Gasteiger partial charge in [-0.2, -0.15) is 0 Å². The lowest BCUT2D eigenvalue weighted by molar-refractivity contribution is -0.115. The number of methoxy groups -OCH3 is 1. The monoisotopic (exact) mass is 361 g/mol.